The van der Waals surface area contributed by atoms with Gasteiger partial charge in [0.05, 0.1) is 14.2 Å². The van der Waals surface area contributed by atoms with Crippen LogP contribution in [0.1, 0.15) is 22.3 Å². The van der Waals surface area contributed by atoms with E-state index in [4.69, 9.17) is 9.47 Å². The lowest BCUT2D eigenvalue weighted by Crippen LogP contribution is -1.94. The smallest absolute Gasteiger partial charge is 0.194 e. The third-order valence-electron chi connectivity index (χ3n) is 5.02. The first-order valence-corrected chi connectivity index (χ1v) is 9.33. The first kappa shape index (κ1) is 19.3. The minimum absolute atomic E-state index is 0.00931. The number of hydrogen-bond donors (Lipinski definition) is 2. The van der Waals surface area contributed by atoms with Gasteiger partial charge in [-0.2, -0.15) is 0 Å². The number of methoxy groups -OCH3 is 2. The Morgan fingerprint density at radius 1 is 0.700 bits per heavy atom. The van der Waals surface area contributed by atoms with E-state index in [2.05, 4.69) is 0 Å². The number of carbonyl (C=O) groups is 1. The number of allylic oxidation sites excluding steroid dienone is 2. The molecule has 0 saturated carbocycles. The fourth-order valence-electron chi connectivity index (χ4n) is 3.56. The van der Waals surface area contributed by atoms with E-state index in [1.807, 2.05) is 24.3 Å². The molecule has 150 valence electrons. The Hall–Kier alpha value is -3.99. The monoisotopic (exact) mass is 400 g/mol. The van der Waals surface area contributed by atoms with Crippen LogP contribution in [0.4, 0.5) is 0 Å². The second kappa shape index (κ2) is 7.79. The molecule has 5 nitrogen and oxygen atoms in total. The standard InChI is InChI=1S/C25H20O5/c1-29-23-9-7-15(13-21(23)26)11-19-17-5-3-4-6-18(17)20(25(19)28)12-16-8-10-24(30-2)22(27)14-16/h3-14,26-27H,1-2H3/b19-11-,20-12?. The van der Waals surface area contributed by atoms with E-state index in [1.54, 1.807) is 48.6 Å². The molecule has 0 atom stereocenters. The SMILES string of the molecule is COc1ccc(C=C2C(=O)/C(=C\c3ccc(OC)c(O)c3)c3ccccc32)cc1O. The predicted molar refractivity (Wildman–Crippen MR) is 117 cm³/mol. The van der Waals surface area contributed by atoms with Crippen molar-refractivity contribution in [2.24, 2.45) is 0 Å². The molecule has 0 bridgehead atoms. The van der Waals surface area contributed by atoms with Gasteiger partial charge in [-0.3, -0.25) is 4.79 Å². The number of carbonyl (C=O) groups excluding carboxylic acids is 1. The lowest BCUT2D eigenvalue weighted by atomic mass is 10.0. The molecule has 0 heterocycles. The topological polar surface area (TPSA) is 76.0 Å². The largest absolute Gasteiger partial charge is 0.504 e. The molecule has 0 saturated heterocycles. The van der Waals surface area contributed by atoms with Crippen LogP contribution >= 0.6 is 0 Å². The van der Waals surface area contributed by atoms with E-state index in [0.29, 0.717) is 33.8 Å². The molecule has 0 fully saturated rings. The summed E-state index contributed by atoms with van der Waals surface area (Å²) in [5, 5.41) is 20.1. The van der Waals surface area contributed by atoms with Crippen molar-refractivity contribution < 1.29 is 24.5 Å². The molecule has 0 spiro atoms. The van der Waals surface area contributed by atoms with Crippen LogP contribution in [0, 0.1) is 0 Å². The third kappa shape index (κ3) is 3.42. The van der Waals surface area contributed by atoms with Gasteiger partial charge in [0.25, 0.3) is 0 Å². The number of hydrogen-bond acceptors (Lipinski definition) is 5. The molecule has 4 rings (SSSR count). The lowest BCUT2D eigenvalue weighted by molar-refractivity contribution is -0.108. The van der Waals surface area contributed by atoms with Crippen molar-refractivity contribution in [2.75, 3.05) is 14.2 Å². The van der Waals surface area contributed by atoms with Crippen molar-refractivity contribution >= 4 is 29.1 Å². The van der Waals surface area contributed by atoms with Crippen molar-refractivity contribution in [3.8, 4) is 23.0 Å². The third-order valence-corrected chi connectivity index (χ3v) is 5.02. The van der Waals surface area contributed by atoms with Gasteiger partial charge >= 0.3 is 0 Å². The fourth-order valence-corrected chi connectivity index (χ4v) is 3.56. The zero-order valence-corrected chi connectivity index (χ0v) is 16.5. The van der Waals surface area contributed by atoms with Crippen LogP contribution in [0.3, 0.4) is 0 Å². The van der Waals surface area contributed by atoms with E-state index < -0.39 is 0 Å². The highest BCUT2D eigenvalue weighted by Gasteiger charge is 2.29. The molecule has 0 amide bonds. The van der Waals surface area contributed by atoms with Gasteiger partial charge < -0.3 is 19.7 Å². The lowest BCUT2D eigenvalue weighted by Gasteiger charge is -2.05. The summed E-state index contributed by atoms with van der Waals surface area (Å²) in [6.45, 7) is 0. The van der Waals surface area contributed by atoms with E-state index in [1.165, 1.54) is 14.2 Å². The molecular formula is C25H20O5. The molecule has 1 aliphatic rings. The molecule has 3 aromatic rings. The van der Waals surface area contributed by atoms with Gasteiger partial charge in [-0.15, -0.1) is 0 Å². The first-order valence-electron chi connectivity index (χ1n) is 9.33. The average Bonchev–Trinajstić information content (AvgIpc) is 3.00. The Kier molecular flexibility index (Phi) is 5.02. The van der Waals surface area contributed by atoms with E-state index >= 15 is 0 Å². The maximum atomic E-state index is 13.3. The van der Waals surface area contributed by atoms with Gasteiger partial charge in [-0.1, -0.05) is 36.4 Å². The molecule has 0 unspecified atom stereocenters. The van der Waals surface area contributed by atoms with Gasteiger partial charge in [0.2, 0.25) is 0 Å². The molecule has 3 aromatic carbocycles. The second-order valence-electron chi connectivity index (χ2n) is 6.85. The molecule has 30 heavy (non-hydrogen) atoms. The van der Waals surface area contributed by atoms with Crippen molar-refractivity contribution in [3.63, 3.8) is 0 Å². The van der Waals surface area contributed by atoms with Crippen molar-refractivity contribution in [2.45, 2.75) is 0 Å². The molecule has 0 aromatic heterocycles. The summed E-state index contributed by atoms with van der Waals surface area (Å²) in [4.78, 5) is 13.3. The highest BCUT2D eigenvalue weighted by Crippen LogP contribution is 2.40. The van der Waals surface area contributed by atoms with Crippen LogP contribution in [0.2, 0.25) is 0 Å². The number of ether oxygens (including phenoxy) is 2. The number of aromatic hydroxyl groups is 2. The number of benzene rings is 3. The Bertz CT molecular complexity index is 1110. The van der Waals surface area contributed by atoms with Crippen molar-refractivity contribution in [1.29, 1.82) is 0 Å². The van der Waals surface area contributed by atoms with E-state index in [-0.39, 0.29) is 17.3 Å². The summed E-state index contributed by atoms with van der Waals surface area (Å²) in [6.07, 6.45) is 3.51. The molecule has 0 aliphatic heterocycles. The van der Waals surface area contributed by atoms with Crippen LogP contribution in [0.15, 0.2) is 60.7 Å². The second-order valence-corrected chi connectivity index (χ2v) is 6.85. The van der Waals surface area contributed by atoms with Crippen LogP contribution < -0.4 is 9.47 Å². The van der Waals surface area contributed by atoms with E-state index in [9.17, 15) is 15.0 Å². The number of Topliss-reactive ketones (excluding diaryl/α,β-unsaturated/α-hetero) is 1. The number of rotatable bonds is 4. The Balaban J connectivity index is 1.80. The molecule has 2 N–H and O–H groups in total. The van der Waals surface area contributed by atoms with Gasteiger partial charge in [-0.05, 0) is 58.7 Å². The summed E-state index contributed by atoms with van der Waals surface area (Å²) < 4.78 is 10.2. The fraction of sp³-hybridized carbons (Fsp3) is 0.0800. The average molecular weight is 400 g/mol. The summed E-state index contributed by atoms with van der Waals surface area (Å²) in [6, 6.07) is 17.6. The van der Waals surface area contributed by atoms with Gasteiger partial charge in [0, 0.05) is 11.1 Å². The Morgan fingerprint density at radius 3 is 1.50 bits per heavy atom. The number of ketones is 1. The van der Waals surface area contributed by atoms with Crippen LogP contribution in [-0.4, -0.2) is 30.2 Å². The van der Waals surface area contributed by atoms with Crippen LogP contribution in [0.25, 0.3) is 23.3 Å². The minimum atomic E-state index is -0.123. The number of phenolic OH excluding ortho intramolecular Hbond substituents is 2. The quantitative estimate of drug-likeness (QED) is 0.617. The van der Waals surface area contributed by atoms with Gasteiger partial charge in [0.1, 0.15) is 0 Å². The maximum Gasteiger partial charge on any atom is 0.194 e. The summed E-state index contributed by atoms with van der Waals surface area (Å²) in [5.74, 6) is 0.636. The highest BCUT2D eigenvalue weighted by atomic mass is 16.5. The van der Waals surface area contributed by atoms with Crippen molar-refractivity contribution in [1.82, 2.24) is 0 Å². The summed E-state index contributed by atoms with van der Waals surface area (Å²) in [5.41, 5.74) is 4.10. The Labute approximate surface area is 174 Å². The van der Waals surface area contributed by atoms with Gasteiger partial charge in [0.15, 0.2) is 28.8 Å². The predicted octanol–water partition coefficient (Wildman–Crippen LogP) is 4.78. The molecule has 5 heteroatoms. The van der Waals surface area contributed by atoms with Crippen LogP contribution in [-0.2, 0) is 4.79 Å². The zero-order chi connectivity index (χ0) is 21.3. The normalized spacial score (nSPS) is 15.5. The molecule has 0 radical (unpaired) electrons. The minimum Gasteiger partial charge on any atom is -0.504 e. The van der Waals surface area contributed by atoms with Gasteiger partial charge in [-0.25, -0.2) is 0 Å². The summed E-state index contributed by atoms with van der Waals surface area (Å²) in [7, 11) is 2.97. The number of phenols is 2. The number of fused-ring (bicyclic) bond motifs is 1. The summed E-state index contributed by atoms with van der Waals surface area (Å²) >= 11 is 0. The van der Waals surface area contributed by atoms with Crippen molar-refractivity contribution in [3.05, 3.63) is 82.9 Å². The van der Waals surface area contributed by atoms with E-state index in [0.717, 1.165) is 11.1 Å². The Morgan fingerprint density at radius 2 is 1.13 bits per heavy atom. The highest BCUT2D eigenvalue weighted by molar-refractivity contribution is 6.51. The van der Waals surface area contributed by atoms with Crippen LogP contribution in [0.5, 0.6) is 23.0 Å². The molecule has 1 aliphatic carbocycles. The molecular weight excluding hydrogens is 380 g/mol. The maximum absolute atomic E-state index is 13.3. The zero-order valence-electron chi connectivity index (χ0n) is 16.5. The first-order chi connectivity index (χ1) is 14.5.